The minimum absolute atomic E-state index is 0.0877. The molecule has 0 radical (unpaired) electrons. The smallest absolute Gasteiger partial charge is 0.258 e. The highest BCUT2D eigenvalue weighted by Gasteiger charge is 2.32. The quantitative estimate of drug-likeness (QED) is 0.906. The second-order valence-electron chi connectivity index (χ2n) is 5.43. The summed E-state index contributed by atoms with van der Waals surface area (Å²) in [7, 11) is 0. The van der Waals surface area contributed by atoms with E-state index in [9.17, 15) is 4.79 Å². The molecule has 0 aliphatic carbocycles. The van der Waals surface area contributed by atoms with Gasteiger partial charge in [-0.2, -0.15) is 5.10 Å². The Bertz CT molecular complexity index is 701. The zero-order valence-electron chi connectivity index (χ0n) is 12.5. The average Bonchev–Trinajstić information content (AvgIpc) is 3.15. The first kappa shape index (κ1) is 14.1. The standard InChI is InChI=1S/C16H17N3O4/c20-16(11-2-1-3-14-15(11)23-9-8-22-14)19-6-7-21-10-13(19)12-4-5-17-18-12/h1-5,13H,6-10H2,(H,17,18)/t13-/m1/s1. The number of fused-ring (bicyclic) bond motifs is 1. The fourth-order valence-corrected chi connectivity index (χ4v) is 2.95. The summed E-state index contributed by atoms with van der Waals surface area (Å²) in [5, 5.41) is 6.90. The number of carbonyl (C=O) groups excluding carboxylic acids is 1. The Labute approximate surface area is 133 Å². The number of amides is 1. The van der Waals surface area contributed by atoms with Crippen LogP contribution >= 0.6 is 0 Å². The Morgan fingerprint density at radius 1 is 1.22 bits per heavy atom. The minimum atomic E-state index is -0.181. The van der Waals surface area contributed by atoms with Gasteiger partial charge in [-0.05, 0) is 18.2 Å². The van der Waals surface area contributed by atoms with Gasteiger partial charge in [-0.15, -0.1) is 0 Å². The Morgan fingerprint density at radius 3 is 3.00 bits per heavy atom. The van der Waals surface area contributed by atoms with E-state index in [0.29, 0.717) is 50.0 Å². The summed E-state index contributed by atoms with van der Waals surface area (Å²) < 4.78 is 16.8. The van der Waals surface area contributed by atoms with Crippen molar-refractivity contribution in [1.82, 2.24) is 15.1 Å². The number of carbonyl (C=O) groups is 1. The van der Waals surface area contributed by atoms with Crippen LogP contribution in [0.4, 0.5) is 0 Å². The van der Waals surface area contributed by atoms with Crippen molar-refractivity contribution >= 4 is 5.91 Å². The summed E-state index contributed by atoms with van der Waals surface area (Å²) in [6.07, 6.45) is 1.67. The molecule has 1 atom stereocenters. The molecule has 1 aromatic heterocycles. The summed E-state index contributed by atoms with van der Waals surface area (Å²) in [5.74, 6) is 1.06. The number of benzene rings is 1. The maximum Gasteiger partial charge on any atom is 0.258 e. The van der Waals surface area contributed by atoms with E-state index in [2.05, 4.69) is 10.2 Å². The third-order valence-electron chi connectivity index (χ3n) is 4.07. The molecule has 1 N–H and O–H groups in total. The van der Waals surface area contributed by atoms with Crippen LogP contribution in [0.3, 0.4) is 0 Å². The predicted molar refractivity (Wildman–Crippen MR) is 80.6 cm³/mol. The lowest BCUT2D eigenvalue weighted by Gasteiger charge is -2.35. The molecule has 0 spiro atoms. The molecular weight excluding hydrogens is 298 g/mol. The van der Waals surface area contributed by atoms with Gasteiger partial charge < -0.3 is 19.1 Å². The zero-order chi connectivity index (χ0) is 15.6. The third-order valence-corrected chi connectivity index (χ3v) is 4.07. The van der Waals surface area contributed by atoms with Crippen LogP contribution in [0.25, 0.3) is 0 Å². The second kappa shape index (κ2) is 5.92. The highest BCUT2D eigenvalue weighted by atomic mass is 16.6. The topological polar surface area (TPSA) is 76.7 Å². The number of nitrogens with zero attached hydrogens (tertiary/aromatic N) is 2. The Balaban J connectivity index is 1.67. The van der Waals surface area contributed by atoms with E-state index in [1.54, 1.807) is 17.2 Å². The number of H-pyrrole nitrogens is 1. The third kappa shape index (κ3) is 2.53. The molecule has 0 unspecified atom stereocenters. The van der Waals surface area contributed by atoms with Crippen molar-refractivity contribution in [3.63, 3.8) is 0 Å². The highest BCUT2D eigenvalue weighted by Crippen LogP contribution is 2.35. The van der Waals surface area contributed by atoms with E-state index in [1.807, 2.05) is 18.2 Å². The van der Waals surface area contributed by atoms with Gasteiger partial charge in [0.1, 0.15) is 13.2 Å². The first-order chi connectivity index (χ1) is 11.3. The molecule has 0 bridgehead atoms. The zero-order valence-corrected chi connectivity index (χ0v) is 12.5. The molecule has 3 heterocycles. The molecule has 23 heavy (non-hydrogen) atoms. The highest BCUT2D eigenvalue weighted by molar-refractivity contribution is 5.98. The van der Waals surface area contributed by atoms with Crippen molar-refractivity contribution in [1.29, 1.82) is 0 Å². The van der Waals surface area contributed by atoms with E-state index < -0.39 is 0 Å². The summed E-state index contributed by atoms with van der Waals surface area (Å²) in [6, 6.07) is 7.08. The van der Waals surface area contributed by atoms with Crippen molar-refractivity contribution in [2.24, 2.45) is 0 Å². The Kier molecular flexibility index (Phi) is 3.63. The lowest BCUT2D eigenvalue weighted by Crippen LogP contribution is -2.43. The maximum absolute atomic E-state index is 13.1. The molecule has 7 nitrogen and oxygen atoms in total. The molecule has 7 heteroatoms. The van der Waals surface area contributed by atoms with E-state index in [-0.39, 0.29) is 11.9 Å². The fourth-order valence-electron chi connectivity index (χ4n) is 2.95. The molecule has 1 amide bonds. The van der Waals surface area contributed by atoms with E-state index in [4.69, 9.17) is 14.2 Å². The number of aromatic amines is 1. The maximum atomic E-state index is 13.1. The van der Waals surface area contributed by atoms with Crippen molar-refractivity contribution in [3.8, 4) is 11.5 Å². The summed E-state index contributed by atoms with van der Waals surface area (Å²) in [6.45, 7) is 2.43. The first-order valence-corrected chi connectivity index (χ1v) is 7.61. The SMILES string of the molecule is O=C(c1cccc2c1OCCO2)N1CCOC[C@@H]1c1ccn[nH]1. The molecule has 1 aromatic carbocycles. The number of hydrogen-bond acceptors (Lipinski definition) is 5. The van der Waals surface area contributed by atoms with Gasteiger partial charge in [0.2, 0.25) is 0 Å². The Morgan fingerprint density at radius 2 is 2.13 bits per heavy atom. The van der Waals surface area contributed by atoms with E-state index >= 15 is 0 Å². The average molecular weight is 315 g/mol. The molecule has 2 aromatic rings. The summed E-state index contributed by atoms with van der Waals surface area (Å²) >= 11 is 0. The van der Waals surface area contributed by atoms with Crippen LogP contribution in [0, 0.1) is 0 Å². The molecule has 1 fully saturated rings. The van der Waals surface area contributed by atoms with Gasteiger partial charge in [0.25, 0.3) is 5.91 Å². The van der Waals surface area contributed by atoms with Crippen LogP contribution in [0.5, 0.6) is 11.5 Å². The molecule has 4 rings (SSSR count). The van der Waals surface area contributed by atoms with Crippen molar-refractivity contribution < 1.29 is 19.0 Å². The lowest BCUT2D eigenvalue weighted by molar-refractivity contribution is -0.00421. The molecular formula is C16H17N3O4. The normalized spacial score (nSPS) is 20.3. The number of rotatable bonds is 2. The van der Waals surface area contributed by atoms with Gasteiger partial charge in [0.15, 0.2) is 11.5 Å². The molecule has 0 saturated carbocycles. The van der Waals surface area contributed by atoms with Crippen LogP contribution in [-0.2, 0) is 4.74 Å². The molecule has 1 saturated heterocycles. The van der Waals surface area contributed by atoms with Crippen molar-refractivity contribution in [2.75, 3.05) is 33.0 Å². The number of para-hydroxylation sites is 1. The van der Waals surface area contributed by atoms with Crippen molar-refractivity contribution in [2.45, 2.75) is 6.04 Å². The van der Waals surface area contributed by atoms with E-state index in [0.717, 1.165) is 5.69 Å². The van der Waals surface area contributed by atoms with Crippen LogP contribution in [0.1, 0.15) is 22.1 Å². The monoisotopic (exact) mass is 315 g/mol. The van der Waals surface area contributed by atoms with Gasteiger partial charge in [-0.25, -0.2) is 0 Å². The van der Waals surface area contributed by atoms with Gasteiger partial charge in [0.05, 0.1) is 30.5 Å². The molecule has 2 aliphatic rings. The number of ether oxygens (including phenoxy) is 3. The minimum Gasteiger partial charge on any atom is -0.486 e. The second-order valence-corrected chi connectivity index (χ2v) is 5.43. The molecule has 120 valence electrons. The largest absolute Gasteiger partial charge is 0.486 e. The summed E-state index contributed by atoms with van der Waals surface area (Å²) in [4.78, 5) is 14.9. The van der Waals surface area contributed by atoms with Crippen LogP contribution < -0.4 is 9.47 Å². The predicted octanol–water partition coefficient (Wildman–Crippen LogP) is 1.39. The first-order valence-electron chi connectivity index (χ1n) is 7.61. The number of aromatic nitrogens is 2. The number of hydrogen-bond donors (Lipinski definition) is 1. The lowest BCUT2D eigenvalue weighted by atomic mass is 10.1. The van der Waals surface area contributed by atoms with Gasteiger partial charge >= 0.3 is 0 Å². The number of nitrogens with one attached hydrogen (secondary N) is 1. The summed E-state index contributed by atoms with van der Waals surface area (Å²) in [5.41, 5.74) is 1.38. The molecule has 2 aliphatic heterocycles. The fraction of sp³-hybridized carbons (Fsp3) is 0.375. The van der Waals surface area contributed by atoms with Crippen LogP contribution in [-0.4, -0.2) is 54.0 Å². The van der Waals surface area contributed by atoms with E-state index in [1.165, 1.54) is 0 Å². The van der Waals surface area contributed by atoms with Gasteiger partial charge in [0, 0.05) is 12.7 Å². The van der Waals surface area contributed by atoms with Crippen LogP contribution in [0.15, 0.2) is 30.5 Å². The van der Waals surface area contributed by atoms with Crippen LogP contribution in [0.2, 0.25) is 0 Å². The number of morpholine rings is 1. The Hall–Kier alpha value is -2.54. The van der Waals surface area contributed by atoms with Crippen molar-refractivity contribution in [3.05, 3.63) is 41.7 Å². The van der Waals surface area contributed by atoms with Gasteiger partial charge in [-0.1, -0.05) is 6.07 Å². The van der Waals surface area contributed by atoms with Gasteiger partial charge in [-0.3, -0.25) is 9.89 Å².